The smallest absolute Gasteiger partial charge is 0.308 e. The maximum atomic E-state index is 11.5. The van der Waals surface area contributed by atoms with Crippen molar-refractivity contribution in [3.8, 4) is 0 Å². The molecular weight excluding hydrogens is 273 g/mol. The fourth-order valence-corrected chi connectivity index (χ4v) is 2.05. The predicted octanol–water partition coefficient (Wildman–Crippen LogP) is 3.65. The number of benzene rings is 2. The van der Waals surface area contributed by atoms with Gasteiger partial charge in [0.1, 0.15) is 6.73 Å². The third-order valence-corrected chi connectivity index (χ3v) is 3.50. The first-order valence-electron chi connectivity index (χ1n) is 6.24. The molecule has 108 valence electrons. The highest BCUT2D eigenvalue weighted by molar-refractivity contribution is 7.52. The largest absolute Gasteiger partial charge is 0.329 e. The second kappa shape index (κ2) is 9.45. The van der Waals surface area contributed by atoms with E-state index in [0.717, 1.165) is 5.56 Å². The Bertz CT molecular complexity index is 478. The Morgan fingerprint density at radius 1 is 0.900 bits per heavy atom. The summed E-state index contributed by atoms with van der Waals surface area (Å²) >= 11 is 0. The standard InChI is InChI=1S/C9H14NO3P.C6H6/c1-14(11,13-8-10)12-7-9-5-3-2-4-6-9;1-2-4-6-5-3-1/h2-6H,7-8,10H2,1H3;1-6H. The van der Waals surface area contributed by atoms with Gasteiger partial charge in [0, 0.05) is 6.66 Å². The van der Waals surface area contributed by atoms with Crippen LogP contribution in [-0.4, -0.2) is 13.4 Å². The third-order valence-electron chi connectivity index (χ3n) is 2.28. The molecule has 20 heavy (non-hydrogen) atoms. The molecule has 0 saturated heterocycles. The minimum Gasteiger partial charge on any atom is -0.308 e. The molecule has 0 spiro atoms. The molecule has 0 aliphatic carbocycles. The van der Waals surface area contributed by atoms with Crippen LogP contribution >= 0.6 is 7.60 Å². The molecule has 0 saturated carbocycles. The van der Waals surface area contributed by atoms with E-state index in [2.05, 4.69) is 0 Å². The van der Waals surface area contributed by atoms with Crippen molar-refractivity contribution in [3.63, 3.8) is 0 Å². The summed E-state index contributed by atoms with van der Waals surface area (Å²) in [6.07, 6.45) is 0. The number of hydrogen-bond donors (Lipinski definition) is 1. The minimum absolute atomic E-state index is 0.0947. The van der Waals surface area contributed by atoms with Crippen molar-refractivity contribution in [3.05, 3.63) is 72.3 Å². The first-order valence-corrected chi connectivity index (χ1v) is 8.23. The van der Waals surface area contributed by atoms with Gasteiger partial charge in [0.05, 0.1) is 6.61 Å². The molecule has 0 radical (unpaired) electrons. The van der Waals surface area contributed by atoms with Gasteiger partial charge in [-0.15, -0.1) is 0 Å². The zero-order valence-electron chi connectivity index (χ0n) is 11.5. The molecule has 2 rings (SSSR count). The maximum Gasteiger partial charge on any atom is 0.329 e. The van der Waals surface area contributed by atoms with Crippen molar-refractivity contribution in [2.75, 3.05) is 13.4 Å². The molecule has 0 fully saturated rings. The SMILES string of the molecule is CP(=O)(OCN)OCc1ccccc1.c1ccccc1. The summed E-state index contributed by atoms with van der Waals surface area (Å²) in [5, 5.41) is 0. The van der Waals surface area contributed by atoms with Crippen LogP contribution in [0.15, 0.2) is 66.7 Å². The molecule has 2 aromatic carbocycles. The van der Waals surface area contributed by atoms with Gasteiger partial charge in [-0.3, -0.25) is 9.09 Å². The van der Waals surface area contributed by atoms with Gasteiger partial charge in [-0.05, 0) is 5.56 Å². The van der Waals surface area contributed by atoms with Gasteiger partial charge in [0.2, 0.25) is 0 Å². The fourth-order valence-electron chi connectivity index (χ4n) is 1.32. The molecule has 1 atom stereocenters. The van der Waals surface area contributed by atoms with Crippen LogP contribution in [0.25, 0.3) is 0 Å². The summed E-state index contributed by atoms with van der Waals surface area (Å²) < 4.78 is 21.3. The summed E-state index contributed by atoms with van der Waals surface area (Å²) in [5.41, 5.74) is 6.06. The van der Waals surface area contributed by atoms with Crippen molar-refractivity contribution in [1.82, 2.24) is 0 Å². The van der Waals surface area contributed by atoms with E-state index in [1.54, 1.807) is 0 Å². The summed E-state index contributed by atoms with van der Waals surface area (Å²) in [5.74, 6) is 0. The van der Waals surface area contributed by atoms with Crippen LogP contribution in [-0.2, 0) is 20.2 Å². The van der Waals surface area contributed by atoms with Crippen LogP contribution < -0.4 is 5.73 Å². The summed E-state index contributed by atoms with van der Waals surface area (Å²) in [6, 6.07) is 21.5. The lowest BCUT2D eigenvalue weighted by Gasteiger charge is -2.12. The lowest BCUT2D eigenvalue weighted by molar-refractivity contribution is 0.206. The van der Waals surface area contributed by atoms with Crippen molar-refractivity contribution in [1.29, 1.82) is 0 Å². The Morgan fingerprint density at radius 3 is 1.80 bits per heavy atom. The van der Waals surface area contributed by atoms with E-state index in [1.807, 2.05) is 66.7 Å². The van der Waals surface area contributed by atoms with Gasteiger partial charge in [0.25, 0.3) is 0 Å². The van der Waals surface area contributed by atoms with E-state index in [9.17, 15) is 4.57 Å². The number of nitrogens with two attached hydrogens (primary N) is 1. The van der Waals surface area contributed by atoms with Crippen LogP contribution in [0.5, 0.6) is 0 Å². The van der Waals surface area contributed by atoms with E-state index in [4.69, 9.17) is 14.8 Å². The van der Waals surface area contributed by atoms with Gasteiger partial charge in [-0.2, -0.15) is 0 Å². The Balaban J connectivity index is 0.000000276. The molecule has 0 bridgehead atoms. The zero-order valence-corrected chi connectivity index (χ0v) is 12.4. The fraction of sp³-hybridized carbons (Fsp3) is 0.200. The highest BCUT2D eigenvalue weighted by Crippen LogP contribution is 2.43. The summed E-state index contributed by atoms with van der Waals surface area (Å²) in [6.45, 7) is 1.58. The van der Waals surface area contributed by atoms with E-state index >= 15 is 0 Å². The van der Waals surface area contributed by atoms with Crippen LogP contribution in [0.3, 0.4) is 0 Å². The van der Waals surface area contributed by atoms with Crippen molar-refractivity contribution in [2.24, 2.45) is 5.73 Å². The van der Waals surface area contributed by atoms with Gasteiger partial charge in [-0.25, -0.2) is 0 Å². The second-order valence-corrected chi connectivity index (χ2v) is 6.04. The first-order chi connectivity index (χ1) is 9.64. The number of hydrogen-bond acceptors (Lipinski definition) is 4. The van der Waals surface area contributed by atoms with Crippen LogP contribution in [0, 0.1) is 0 Å². The molecule has 0 aromatic heterocycles. The van der Waals surface area contributed by atoms with Crippen LogP contribution in [0.4, 0.5) is 0 Å². The average molecular weight is 293 g/mol. The van der Waals surface area contributed by atoms with E-state index in [1.165, 1.54) is 6.66 Å². The van der Waals surface area contributed by atoms with E-state index in [0.29, 0.717) is 0 Å². The molecule has 0 heterocycles. The van der Waals surface area contributed by atoms with Gasteiger partial charge >= 0.3 is 7.60 Å². The Morgan fingerprint density at radius 2 is 1.35 bits per heavy atom. The van der Waals surface area contributed by atoms with Crippen LogP contribution in [0.1, 0.15) is 5.56 Å². The van der Waals surface area contributed by atoms with Crippen LogP contribution in [0.2, 0.25) is 0 Å². The normalized spacial score (nSPS) is 12.9. The van der Waals surface area contributed by atoms with Gasteiger partial charge in [-0.1, -0.05) is 66.7 Å². The second-order valence-electron chi connectivity index (χ2n) is 3.98. The third kappa shape index (κ3) is 7.87. The molecular formula is C15H20NO3P. The molecule has 2 aromatic rings. The van der Waals surface area contributed by atoms with E-state index in [-0.39, 0.29) is 13.3 Å². The average Bonchev–Trinajstić information content (AvgIpc) is 2.49. The Kier molecular flexibility index (Phi) is 7.85. The highest BCUT2D eigenvalue weighted by atomic mass is 31.2. The highest BCUT2D eigenvalue weighted by Gasteiger charge is 2.15. The monoisotopic (exact) mass is 293 g/mol. The molecule has 0 aliphatic heterocycles. The van der Waals surface area contributed by atoms with Gasteiger partial charge < -0.3 is 10.3 Å². The predicted molar refractivity (Wildman–Crippen MR) is 81.3 cm³/mol. The van der Waals surface area contributed by atoms with Crippen molar-refractivity contribution >= 4 is 7.60 Å². The molecule has 0 aliphatic rings. The first kappa shape index (κ1) is 16.6. The summed E-state index contributed by atoms with van der Waals surface area (Å²) in [7, 11) is -2.98. The maximum absolute atomic E-state index is 11.5. The Labute approximate surface area is 120 Å². The quantitative estimate of drug-likeness (QED) is 0.675. The topological polar surface area (TPSA) is 61.5 Å². The lowest BCUT2D eigenvalue weighted by Crippen LogP contribution is -2.04. The van der Waals surface area contributed by atoms with E-state index < -0.39 is 7.60 Å². The molecule has 4 nitrogen and oxygen atoms in total. The molecule has 5 heteroatoms. The molecule has 2 N–H and O–H groups in total. The molecule has 0 amide bonds. The summed E-state index contributed by atoms with van der Waals surface area (Å²) in [4.78, 5) is 0. The Hall–Kier alpha value is -1.45. The van der Waals surface area contributed by atoms with Crippen molar-refractivity contribution < 1.29 is 13.6 Å². The minimum atomic E-state index is -2.98. The lowest BCUT2D eigenvalue weighted by atomic mass is 10.2. The zero-order chi connectivity index (χ0) is 14.7. The molecule has 1 unspecified atom stereocenters. The number of rotatable bonds is 5. The van der Waals surface area contributed by atoms with Gasteiger partial charge in [0.15, 0.2) is 0 Å². The van der Waals surface area contributed by atoms with Crippen molar-refractivity contribution in [2.45, 2.75) is 6.61 Å².